The smallest absolute Gasteiger partial charge is 0.253 e. The van der Waals surface area contributed by atoms with E-state index < -0.39 is 0 Å². The normalized spacial score (nSPS) is 10.9. The summed E-state index contributed by atoms with van der Waals surface area (Å²) < 4.78 is 11.1. The van der Waals surface area contributed by atoms with Gasteiger partial charge in [0.05, 0.1) is 17.0 Å². The highest BCUT2D eigenvalue weighted by Crippen LogP contribution is 2.20. The lowest BCUT2D eigenvalue weighted by Gasteiger charge is -2.17. The molecule has 0 saturated carbocycles. The predicted molar refractivity (Wildman–Crippen MR) is 135 cm³/mol. The molecule has 0 aliphatic rings. The van der Waals surface area contributed by atoms with Gasteiger partial charge in [0, 0.05) is 30.4 Å². The molecule has 2 aromatic carbocycles. The van der Waals surface area contributed by atoms with Crippen molar-refractivity contribution in [3.63, 3.8) is 0 Å². The summed E-state index contributed by atoms with van der Waals surface area (Å²) in [6.45, 7) is 4.82. The van der Waals surface area contributed by atoms with E-state index in [1.165, 1.54) is 0 Å². The van der Waals surface area contributed by atoms with Crippen LogP contribution < -0.4 is 4.74 Å². The van der Waals surface area contributed by atoms with E-state index in [0.717, 1.165) is 59.7 Å². The Hall–Kier alpha value is -3.87. The first kappa shape index (κ1) is 24.3. The molecule has 4 aromatic rings. The molecule has 0 aliphatic carbocycles. The van der Waals surface area contributed by atoms with Crippen molar-refractivity contribution in [2.75, 3.05) is 13.6 Å². The van der Waals surface area contributed by atoms with Gasteiger partial charge in [-0.05, 0) is 57.4 Å². The Labute approximate surface area is 206 Å². The van der Waals surface area contributed by atoms with E-state index in [9.17, 15) is 4.79 Å². The van der Waals surface area contributed by atoms with Crippen LogP contribution in [0.3, 0.4) is 0 Å². The van der Waals surface area contributed by atoms with Crippen LogP contribution in [0.25, 0.3) is 11.3 Å². The molecule has 0 fully saturated rings. The average Bonchev–Trinajstić information content (AvgIpc) is 3.49. The number of hydrogen-bond donors (Lipinski definition) is 1. The fraction of sp³-hybridized carbons (Fsp3) is 0.321. The molecule has 0 aliphatic heterocycles. The summed E-state index contributed by atoms with van der Waals surface area (Å²) in [6, 6.07) is 19.6. The number of carbonyl (C=O) groups is 1. The van der Waals surface area contributed by atoms with E-state index in [-0.39, 0.29) is 5.91 Å². The van der Waals surface area contributed by atoms with Gasteiger partial charge in [-0.15, -0.1) is 0 Å². The van der Waals surface area contributed by atoms with Crippen molar-refractivity contribution in [1.82, 2.24) is 20.3 Å². The standard InChI is InChI=1S/C28H32N4O3/c1-20-26(21(2)35-31-20)19-34-25-15-10-13-23(17-25)28(33)32(3)16-9-5-8-14-24-18-27(30-29-24)22-11-6-4-7-12-22/h4,6-7,10-13,15,17-18H,5,8-9,14,16,19H2,1-3H3,(H,29,30). The molecule has 7 nitrogen and oxygen atoms in total. The van der Waals surface area contributed by atoms with Crippen molar-refractivity contribution in [2.24, 2.45) is 0 Å². The third-order valence-electron chi connectivity index (χ3n) is 6.13. The Morgan fingerprint density at radius 1 is 1.03 bits per heavy atom. The number of unbranched alkanes of at least 4 members (excludes halogenated alkanes) is 2. The van der Waals surface area contributed by atoms with Crippen LogP contribution in [0.5, 0.6) is 5.75 Å². The van der Waals surface area contributed by atoms with Crippen molar-refractivity contribution in [3.05, 3.63) is 88.9 Å². The second kappa shape index (κ2) is 11.5. The van der Waals surface area contributed by atoms with E-state index in [2.05, 4.69) is 33.6 Å². The van der Waals surface area contributed by atoms with Crippen molar-refractivity contribution in [2.45, 2.75) is 46.1 Å². The Morgan fingerprint density at radius 2 is 1.86 bits per heavy atom. The summed E-state index contributed by atoms with van der Waals surface area (Å²) in [4.78, 5) is 14.7. The summed E-state index contributed by atoms with van der Waals surface area (Å²) in [5, 5.41) is 11.5. The maximum atomic E-state index is 12.9. The quantitative estimate of drug-likeness (QED) is 0.281. The number of aryl methyl sites for hydroxylation is 3. The van der Waals surface area contributed by atoms with E-state index in [1.54, 1.807) is 11.0 Å². The Bertz CT molecular complexity index is 1230. The van der Waals surface area contributed by atoms with Gasteiger partial charge in [-0.2, -0.15) is 5.10 Å². The molecule has 7 heteroatoms. The maximum absolute atomic E-state index is 12.9. The fourth-order valence-corrected chi connectivity index (χ4v) is 3.99. The number of nitrogens with zero attached hydrogens (tertiary/aromatic N) is 3. The number of nitrogens with one attached hydrogen (secondary N) is 1. The number of ether oxygens (including phenoxy) is 1. The lowest BCUT2D eigenvalue weighted by atomic mass is 10.1. The minimum atomic E-state index is -0.00569. The van der Waals surface area contributed by atoms with Crippen LogP contribution in [0, 0.1) is 13.8 Å². The van der Waals surface area contributed by atoms with Gasteiger partial charge in [0.2, 0.25) is 0 Å². The molecule has 0 atom stereocenters. The predicted octanol–water partition coefficient (Wildman–Crippen LogP) is 5.75. The highest BCUT2D eigenvalue weighted by molar-refractivity contribution is 5.94. The van der Waals surface area contributed by atoms with E-state index in [1.807, 2.05) is 57.3 Å². The number of benzene rings is 2. The van der Waals surface area contributed by atoms with Gasteiger partial charge in [0.15, 0.2) is 0 Å². The zero-order chi connectivity index (χ0) is 24.6. The van der Waals surface area contributed by atoms with Crippen LogP contribution in [-0.2, 0) is 13.0 Å². The Morgan fingerprint density at radius 3 is 2.63 bits per heavy atom. The van der Waals surface area contributed by atoms with Gasteiger partial charge in [0.25, 0.3) is 5.91 Å². The number of H-pyrrole nitrogens is 1. The SMILES string of the molecule is Cc1noc(C)c1COc1cccc(C(=O)N(C)CCCCCc2cc(-c3ccccc3)n[nH]2)c1. The molecule has 35 heavy (non-hydrogen) atoms. The van der Waals surface area contributed by atoms with Crippen LogP contribution in [0.2, 0.25) is 0 Å². The third-order valence-corrected chi connectivity index (χ3v) is 6.13. The Kier molecular flexibility index (Phi) is 7.98. The zero-order valence-electron chi connectivity index (χ0n) is 20.6. The minimum absolute atomic E-state index is 0.00569. The molecular weight excluding hydrogens is 440 g/mol. The van der Waals surface area contributed by atoms with E-state index >= 15 is 0 Å². The number of amides is 1. The molecule has 0 saturated heterocycles. The number of hydrogen-bond acceptors (Lipinski definition) is 5. The Balaban J connectivity index is 1.20. The topological polar surface area (TPSA) is 84.2 Å². The molecule has 4 rings (SSSR count). The van der Waals surface area contributed by atoms with Crippen LogP contribution in [-0.4, -0.2) is 39.8 Å². The third kappa shape index (κ3) is 6.38. The van der Waals surface area contributed by atoms with E-state index in [4.69, 9.17) is 9.26 Å². The number of aromatic amines is 1. The lowest BCUT2D eigenvalue weighted by molar-refractivity contribution is 0.0792. The monoisotopic (exact) mass is 472 g/mol. The van der Waals surface area contributed by atoms with Crippen LogP contribution in [0.15, 0.2) is 65.2 Å². The molecule has 0 bridgehead atoms. The largest absolute Gasteiger partial charge is 0.489 e. The number of carbonyl (C=O) groups excluding carboxylic acids is 1. The summed E-state index contributed by atoms with van der Waals surface area (Å²) >= 11 is 0. The van der Waals surface area contributed by atoms with Gasteiger partial charge in [-0.1, -0.05) is 48.0 Å². The van der Waals surface area contributed by atoms with Crippen LogP contribution >= 0.6 is 0 Å². The van der Waals surface area contributed by atoms with Gasteiger partial charge < -0.3 is 14.2 Å². The van der Waals surface area contributed by atoms with Crippen LogP contribution in [0.4, 0.5) is 0 Å². The molecule has 182 valence electrons. The van der Waals surface area contributed by atoms with Gasteiger partial charge in [0.1, 0.15) is 18.1 Å². The first-order valence-electron chi connectivity index (χ1n) is 12.0. The van der Waals surface area contributed by atoms with Crippen molar-refractivity contribution >= 4 is 5.91 Å². The summed E-state index contributed by atoms with van der Waals surface area (Å²) in [5.74, 6) is 1.39. The maximum Gasteiger partial charge on any atom is 0.253 e. The molecule has 0 radical (unpaired) electrons. The first-order chi connectivity index (χ1) is 17.0. The lowest BCUT2D eigenvalue weighted by Crippen LogP contribution is -2.27. The molecular formula is C28H32N4O3. The van der Waals surface area contributed by atoms with Crippen molar-refractivity contribution in [3.8, 4) is 17.0 Å². The first-order valence-corrected chi connectivity index (χ1v) is 12.0. The molecule has 0 spiro atoms. The molecule has 2 heterocycles. The summed E-state index contributed by atoms with van der Waals surface area (Å²) in [7, 11) is 1.85. The van der Waals surface area contributed by atoms with Gasteiger partial charge in [-0.3, -0.25) is 9.89 Å². The van der Waals surface area contributed by atoms with Crippen molar-refractivity contribution < 1.29 is 14.1 Å². The second-order valence-electron chi connectivity index (χ2n) is 8.80. The molecule has 1 N–H and O–H groups in total. The highest BCUT2D eigenvalue weighted by atomic mass is 16.5. The van der Waals surface area contributed by atoms with Crippen LogP contribution in [0.1, 0.15) is 52.3 Å². The molecule has 2 aromatic heterocycles. The van der Waals surface area contributed by atoms with Crippen molar-refractivity contribution in [1.29, 1.82) is 0 Å². The van der Waals surface area contributed by atoms with Gasteiger partial charge >= 0.3 is 0 Å². The fourth-order valence-electron chi connectivity index (χ4n) is 3.99. The summed E-state index contributed by atoms with van der Waals surface area (Å²) in [5.41, 5.74) is 5.61. The number of rotatable bonds is 11. The minimum Gasteiger partial charge on any atom is -0.489 e. The summed E-state index contributed by atoms with van der Waals surface area (Å²) in [6.07, 6.45) is 3.98. The second-order valence-corrected chi connectivity index (χ2v) is 8.80. The molecule has 0 unspecified atom stereocenters. The number of aromatic nitrogens is 3. The highest BCUT2D eigenvalue weighted by Gasteiger charge is 2.14. The molecule has 1 amide bonds. The average molecular weight is 473 g/mol. The van der Waals surface area contributed by atoms with Gasteiger partial charge in [-0.25, -0.2) is 0 Å². The zero-order valence-corrected chi connectivity index (χ0v) is 20.6. The van der Waals surface area contributed by atoms with E-state index in [0.29, 0.717) is 24.5 Å².